The zero-order valence-electron chi connectivity index (χ0n) is 9.56. The second-order valence-corrected chi connectivity index (χ2v) is 4.08. The summed E-state index contributed by atoms with van der Waals surface area (Å²) < 4.78 is 0. The van der Waals surface area contributed by atoms with E-state index >= 15 is 0 Å². The van der Waals surface area contributed by atoms with Crippen LogP contribution in [-0.4, -0.2) is 23.8 Å². The fourth-order valence-electron chi connectivity index (χ4n) is 2.12. The molecule has 0 heterocycles. The van der Waals surface area contributed by atoms with E-state index in [0.29, 0.717) is 11.8 Å². The van der Waals surface area contributed by atoms with E-state index in [2.05, 4.69) is 26.0 Å². The normalized spacial score (nSPS) is 36.1. The van der Waals surface area contributed by atoms with Crippen molar-refractivity contribution >= 4 is 6.72 Å². The molecule has 1 aliphatic rings. The van der Waals surface area contributed by atoms with Crippen LogP contribution in [0.5, 0.6) is 0 Å². The zero-order chi connectivity index (χ0) is 11.6. The van der Waals surface area contributed by atoms with E-state index < -0.39 is 5.34 Å². The van der Waals surface area contributed by atoms with Gasteiger partial charge < -0.3 is 16.4 Å². The van der Waals surface area contributed by atoms with Crippen LogP contribution in [0.25, 0.3) is 5.43 Å². The van der Waals surface area contributed by atoms with Gasteiger partial charge in [-0.05, 0) is 37.2 Å². The smallest absolute Gasteiger partial charge is 0.187 e. The highest BCUT2D eigenvalue weighted by atomic mass is 16.9. The minimum atomic E-state index is -0.536. The molecule has 0 aliphatic heterocycles. The maximum atomic E-state index is 11.5. The first-order chi connectivity index (χ1) is 6.97. The highest BCUT2D eigenvalue weighted by molar-refractivity contribution is 5.14. The van der Waals surface area contributed by atoms with Crippen molar-refractivity contribution in [1.82, 2.24) is 0 Å². The summed E-state index contributed by atoms with van der Waals surface area (Å²) in [6, 6.07) is 0. The molecule has 0 radical (unpaired) electrons. The van der Waals surface area contributed by atoms with Crippen molar-refractivity contribution in [2.24, 2.45) is 17.6 Å². The number of rotatable bonds is 6. The first-order valence-corrected chi connectivity index (χ1v) is 5.18. The molecule has 88 valence electrons. The van der Waals surface area contributed by atoms with Gasteiger partial charge in [0.1, 0.15) is 5.60 Å². The summed E-state index contributed by atoms with van der Waals surface area (Å²) in [6.45, 7) is 9.57. The summed E-state index contributed by atoms with van der Waals surface area (Å²) in [5, 5.41) is 11.0. The fourth-order valence-corrected chi connectivity index (χ4v) is 2.12. The third-order valence-electron chi connectivity index (χ3n) is 3.34. The number of quaternary nitrogens is 1. The van der Waals surface area contributed by atoms with Gasteiger partial charge >= 0.3 is 0 Å². The van der Waals surface area contributed by atoms with Gasteiger partial charge in [-0.1, -0.05) is 18.6 Å². The van der Waals surface area contributed by atoms with Crippen LogP contribution in [-0.2, 0) is 4.84 Å². The van der Waals surface area contributed by atoms with Crippen LogP contribution in [0.1, 0.15) is 27.2 Å². The molecule has 6 heteroatoms. The molecule has 0 bridgehead atoms. The van der Waals surface area contributed by atoms with Gasteiger partial charge in [0.05, 0.1) is 0 Å². The number of hydrogen-bond acceptors (Lipinski definition) is 3. The molecule has 15 heavy (non-hydrogen) atoms. The average Bonchev–Trinajstić information content (AvgIpc) is 2.68. The number of hydrogen-bond donors (Lipinski definition) is 2. The van der Waals surface area contributed by atoms with Crippen LogP contribution >= 0.6 is 0 Å². The Labute approximate surface area is 90.2 Å². The van der Waals surface area contributed by atoms with Gasteiger partial charge in [-0.15, -0.1) is 4.84 Å². The van der Waals surface area contributed by atoms with Crippen LogP contribution in [0.2, 0.25) is 0 Å². The molecule has 0 aromatic heterocycles. The van der Waals surface area contributed by atoms with Gasteiger partial charge in [0.15, 0.2) is 6.72 Å². The predicted octanol–water partition coefficient (Wildman–Crippen LogP) is -0.432. The molecule has 1 rings (SSSR count). The summed E-state index contributed by atoms with van der Waals surface area (Å²) in [5.74, 6) is 0.838. The van der Waals surface area contributed by atoms with E-state index in [0.717, 1.165) is 11.2 Å². The van der Waals surface area contributed by atoms with Crippen molar-refractivity contribution in [3.05, 3.63) is 10.6 Å². The first-order valence-electron chi connectivity index (χ1n) is 5.18. The van der Waals surface area contributed by atoms with Crippen molar-refractivity contribution in [2.75, 3.05) is 6.67 Å². The molecule has 6 nitrogen and oxygen atoms in total. The number of nitrogens with one attached hydrogen (secondary N) is 1. The lowest BCUT2D eigenvalue weighted by Crippen LogP contribution is -3.10. The van der Waals surface area contributed by atoms with Crippen molar-refractivity contribution in [3.63, 3.8) is 0 Å². The molecule has 0 aromatic carbocycles. The molecular weight excluding hydrogens is 196 g/mol. The molecule has 0 amide bonds. The van der Waals surface area contributed by atoms with Gasteiger partial charge in [-0.2, -0.15) is 0 Å². The monoisotopic (exact) mass is 216 g/mol. The molecule has 0 saturated heterocycles. The van der Waals surface area contributed by atoms with Crippen LogP contribution in [0.15, 0.2) is 0 Å². The van der Waals surface area contributed by atoms with Crippen molar-refractivity contribution in [2.45, 2.75) is 32.8 Å². The van der Waals surface area contributed by atoms with Crippen LogP contribution in [0, 0.1) is 17.0 Å². The van der Waals surface area contributed by atoms with E-state index in [1.165, 1.54) is 0 Å². The molecule has 0 spiro atoms. The molecule has 3 N–H and O–H groups in total. The third kappa shape index (κ3) is 2.28. The Hall–Kier alpha value is -0.690. The van der Waals surface area contributed by atoms with E-state index in [9.17, 15) is 5.21 Å². The van der Waals surface area contributed by atoms with Crippen LogP contribution in [0.3, 0.4) is 0 Å². The molecule has 4 atom stereocenters. The van der Waals surface area contributed by atoms with Crippen molar-refractivity contribution in [1.29, 1.82) is 0 Å². The Morgan fingerprint density at radius 2 is 2.33 bits per heavy atom. The van der Waals surface area contributed by atoms with E-state index in [4.69, 9.17) is 10.6 Å². The Morgan fingerprint density at radius 3 is 2.73 bits per heavy atom. The van der Waals surface area contributed by atoms with Gasteiger partial charge in [-0.25, -0.2) is 0 Å². The molecule has 0 aromatic rings. The van der Waals surface area contributed by atoms with Crippen LogP contribution in [0.4, 0.5) is 0 Å². The minimum absolute atomic E-state index is 0.0298. The SMILES string of the molecule is C=[N+]([N-]CN)[NH+]([O-])OC1(C)C(C)C1CC. The molecule has 4 unspecified atom stereocenters. The van der Waals surface area contributed by atoms with E-state index in [-0.39, 0.29) is 12.3 Å². The lowest BCUT2D eigenvalue weighted by atomic mass is 10.2. The maximum Gasteiger partial charge on any atom is 0.187 e. The summed E-state index contributed by atoms with van der Waals surface area (Å²) in [7, 11) is 0. The lowest BCUT2D eigenvalue weighted by Gasteiger charge is -2.24. The largest absolute Gasteiger partial charge is 0.541 e. The van der Waals surface area contributed by atoms with E-state index in [1.54, 1.807) is 0 Å². The average molecular weight is 216 g/mol. The third-order valence-corrected chi connectivity index (χ3v) is 3.34. The van der Waals surface area contributed by atoms with Gasteiger partial charge in [0.2, 0.25) is 0 Å². The summed E-state index contributed by atoms with van der Waals surface area (Å²) in [6.07, 6.45) is 1.01. The highest BCUT2D eigenvalue weighted by Crippen LogP contribution is 2.53. The van der Waals surface area contributed by atoms with Gasteiger partial charge in [0.25, 0.3) is 0 Å². The first kappa shape index (κ1) is 12.4. The van der Waals surface area contributed by atoms with E-state index in [1.807, 2.05) is 6.92 Å². The quantitative estimate of drug-likeness (QED) is 0.359. The molecular formula is C9H20N4O2. The predicted molar refractivity (Wildman–Crippen MR) is 56.6 cm³/mol. The van der Waals surface area contributed by atoms with Crippen LogP contribution < -0.4 is 11.1 Å². The molecule has 1 saturated carbocycles. The second-order valence-electron chi connectivity index (χ2n) is 4.08. The lowest BCUT2D eigenvalue weighted by molar-refractivity contribution is -1.40. The van der Waals surface area contributed by atoms with Gasteiger partial charge in [-0.3, -0.25) is 0 Å². The topological polar surface area (TPSA) is 79.9 Å². The fraction of sp³-hybridized carbons (Fsp3) is 0.889. The Balaban J connectivity index is 2.45. The zero-order valence-corrected chi connectivity index (χ0v) is 9.56. The minimum Gasteiger partial charge on any atom is -0.541 e. The summed E-state index contributed by atoms with van der Waals surface area (Å²) in [4.78, 5) is 6.26. The summed E-state index contributed by atoms with van der Waals surface area (Å²) >= 11 is 0. The molecule has 1 fully saturated rings. The van der Waals surface area contributed by atoms with Crippen molar-refractivity contribution < 1.29 is 15.0 Å². The van der Waals surface area contributed by atoms with Crippen molar-refractivity contribution in [3.8, 4) is 0 Å². The standard InChI is InChI=1S/C9H20N4O2/c1-5-8-7(2)9(8,3)15-13(14)12(4)11-6-10/h7-8,13H,4-6,10H2,1-3H3. The second kappa shape index (κ2) is 4.44. The van der Waals surface area contributed by atoms with Gasteiger partial charge in [0, 0.05) is 0 Å². The Morgan fingerprint density at radius 1 is 1.73 bits per heavy atom. The molecule has 1 aliphatic carbocycles. The number of nitrogens with two attached hydrogens (primary N) is 1. The highest BCUT2D eigenvalue weighted by Gasteiger charge is 2.62. The Kier molecular flexibility index (Phi) is 3.67. The summed E-state index contributed by atoms with van der Waals surface area (Å²) in [5.41, 5.74) is 8.45. The number of nitrogens with zero attached hydrogens (tertiary/aromatic N) is 2. The maximum absolute atomic E-state index is 11.5. The Bertz CT molecular complexity index is 248.